The molecule has 3 saturated carbocycles. The SMILES string of the molecule is Cc1ccc(O)c2c1[C@]13C4CN(CC5CC5)[C@H]4[C@]1(O)CC[C@@H](N1C(=O)c4ccccc4C1=O)[C@@H]3O2. The van der Waals surface area contributed by atoms with Crippen LogP contribution in [0.5, 0.6) is 11.5 Å². The highest BCUT2D eigenvalue weighted by Crippen LogP contribution is 2.73. The molecule has 2 aromatic carbocycles. The van der Waals surface area contributed by atoms with Crippen LogP contribution in [0.2, 0.25) is 0 Å². The van der Waals surface area contributed by atoms with Gasteiger partial charge in [-0.15, -0.1) is 0 Å². The van der Waals surface area contributed by atoms with Crippen LogP contribution in [0.4, 0.5) is 0 Å². The average Bonchev–Trinajstić information content (AvgIpc) is 3.52. The summed E-state index contributed by atoms with van der Waals surface area (Å²) < 4.78 is 6.54. The van der Waals surface area contributed by atoms with Crippen LogP contribution in [-0.2, 0) is 5.41 Å². The number of ether oxygens (including phenoxy) is 1. The number of fused-ring (bicyclic) bond motifs is 4. The van der Waals surface area contributed by atoms with Crippen molar-refractivity contribution in [2.75, 3.05) is 13.1 Å². The summed E-state index contributed by atoms with van der Waals surface area (Å²) in [6.07, 6.45) is 2.90. The molecule has 3 heterocycles. The number of aryl methyl sites for hydroxylation is 1. The molecule has 4 fully saturated rings. The number of hydrogen-bond acceptors (Lipinski definition) is 6. The van der Waals surface area contributed by atoms with E-state index in [9.17, 15) is 19.8 Å². The third-order valence-electron chi connectivity index (χ3n) is 9.97. The molecule has 1 saturated heterocycles. The molecule has 7 heteroatoms. The zero-order valence-electron chi connectivity index (χ0n) is 19.6. The van der Waals surface area contributed by atoms with Gasteiger partial charge in [-0.25, -0.2) is 0 Å². The molecule has 3 aliphatic heterocycles. The summed E-state index contributed by atoms with van der Waals surface area (Å²) in [5.74, 6) is 0.773. The molecule has 3 aliphatic carbocycles. The van der Waals surface area contributed by atoms with Crippen LogP contribution in [0.15, 0.2) is 36.4 Å². The highest BCUT2D eigenvalue weighted by atomic mass is 16.5. The first kappa shape index (κ1) is 20.3. The van der Waals surface area contributed by atoms with Crippen LogP contribution in [0.3, 0.4) is 0 Å². The number of carbonyl (C=O) groups excluding carboxylic acids is 2. The zero-order chi connectivity index (χ0) is 23.9. The van der Waals surface area contributed by atoms with Crippen LogP contribution in [0.25, 0.3) is 0 Å². The summed E-state index contributed by atoms with van der Waals surface area (Å²) in [5.41, 5.74) is 0.933. The number of carbonyl (C=O) groups is 2. The van der Waals surface area contributed by atoms with Gasteiger partial charge in [0.1, 0.15) is 6.10 Å². The van der Waals surface area contributed by atoms with E-state index in [1.54, 1.807) is 30.3 Å². The van der Waals surface area contributed by atoms with E-state index in [1.807, 2.05) is 13.0 Å². The highest BCUT2D eigenvalue weighted by Gasteiger charge is 2.85. The summed E-state index contributed by atoms with van der Waals surface area (Å²) in [6, 6.07) is 10.0. The predicted octanol–water partition coefficient (Wildman–Crippen LogP) is 2.61. The summed E-state index contributed by atoms with van der Waals surface area (Å²) in [5, 5.41) is 23.2. The molecule has 1 unspecified atom stereocenters. The molecule has 35 heavy (non-hydrogen) atoms. The minimum absolute atomic E-state index is 0.0513. The molecular formula is C28H28N2O5. The Hall–Kier alpha value is -2.90. The quantitative estimate of drug-likeness (QED) is 0.668. The van der Waals surface area contributed by atoms with Gasteiger partial charge in [0.05, 0.1) is 28.2 Å². The van der Waals surface area contributed by atoms with Gasteiger partial charge in [-0.05, 0) is 62.3 Å². The van der Waals surface area contributed by atoms with Crippen molar-refractivity contribution in [2.24, 2.45) is 11.8 Å². The minimum atomic E-state index is -1.02. The fraction of sp³-hybridized carbons (Fsp3) is 0.500. The summed E-state index contributed by atoms with van der Waals surface area (Å²) in [4.78, 5) is 30.7. The van der Waals surface area contributed by atoms with Crippen LogP contribution in [0.1, 0.15) is 57.5 Å². The molecule has 0 radical (unpaired) electrons. The number of phenols is 1. The number of phenolic OH excluding ortho intramolecular Hbond substituents is 1. The van der Waals surface area contributed by atoms with E-state index in [0.717, 1.165) is 30.1 Å². The van der Waals surface area contributed by atoms with E-state index in [2.05, 4.69) is 4.90 Å². The van der Waals surface area contributed by atoms with Crippen molar-refractivity contribution in [2.45, 2.75) is 61.8 Å². The lowest BCUT2D eigenvalue weighted by Crippen LogP contribution is -2.92. The van der Waals surface area contributed by atoms with Gasteiger partial charge in [0.15, 0.2) is 11.5 Å². The largest absolute Gasteiger partial charge is 0.504 e. The second-order valence-electron chi connectivity index (χ2n) is 11.5. The molecule has 0 aromatic heterocycles. The number of imide groups is 1. The Morgan fingerprint density at radius 3 is 2.46 bits per heavy atom. The van der Waals surface area contributed by atoms with Gasteiger partial charge >= 0.3 is 0 Å². The van der Waals surface area contributed by atoms with E-state index in [0.29, 0.717) is 29.7 Å². The summed E-state index contributed by atoms with van der Waals surface area (Å²) >= 11 is 0. The molecule has 0 bridgehead atoms. The standard InChI is InChI=1S/C28H28N2O5/c1-14-6-9-20(31)22-21(14)28-18-13-29(12-15-7-8-15)23(18)27(28,34)11-10-19(24(28)35-22)30-25(32)16-4-2-3-5-17(16)26(30)33/h2-6,9,15,18-19,23-24,31,34H,7-8,10-13H2,1H3/t18?,19-,23-,24+,27-,28+/m1/s1. The number of nitrogens with zero attached hydrogens (tertiary/aromatic N) is 2. The van der Waals surface area contributed by atoms with Gasteiger partial charge < -0.3 is 14.9 Å². The third kappa shape index (κ3) is 2.13. The third-order valence-corrected chi connectivity index (χ3v) is 9.97. The molecule has 2 amide bonds. The molecule has 8 rings (SSSR count). The van der Waals surface area contributed by atoms with Crippen LogP contribution in [0, 0.1) is 18.8 Å². The smallest absolute Gasteiger partial charge is 0.261 e. The van der Waals surface area contributed by atoms with E-state index in [1.165, 1.54) is 17.7 Å². The lowest BCUT2D eigenvalue weighted by atomic mass is 9.35. The van der Waals surface area contributed by atoms with Crippen molar-refractivity contribution in [3.8, 4) is 11.5 Å². The fourth-order valence-corrected chi connectivity index (χ4v) is 8.45. The Balaban J connectivity index is 1.26. The Bertz CT molecular complexity index is 1300. The van der Waals surface area contributed by atoms with Crippen molar-refractivity contribution in [1.29, 1.82) is 0 Å². The number of hydrogen-bond donors (Lipinski definition) is 2. The maximum Gasteiger partial charge on any atom is 0.261 e. The van der Waals surface area contributed by atoms with E-state index in [4.69, 9.17) is 4.74 Å². The first-order valence-electron chi connectivity index (χ1n) is 12.8. The lowest BCUT2D eigenvalue weighted by molar-refractivity contribution is -0.320. The Morgan fingerprint density at radius 2 is 1.77 bits per heavy atom. The van der Waals surface area contributed by atoms with Gasteiger partial charge in [0.25, 0.3) is 11.8 Å². The molecule has 6 aliphatic rings. The summed E-state index contributed by atoms with van der Waals surface area (Å²) in [6.45, 7) is 3.89. The first-order chi connectivity index (χ1) is 16.9. The maximum atomic E-state index is 13.5. The van der Waals surface area contributed by atoms with Crippen LogP contribution in [-0.4, -0.2) is 68.7 Å². The maximum absolute atomic E-state index is 13.5. The number of likely N-dealkylation sites (tertiary alicyclic amines) is 1. The number of amides is 2. The van der Waals surface area contributed by atoms with Gasteiger partial charge in [0, 0.05) is 30.6 Å². The molecule has 2 aromatic rings. The van der Waals surface area contributed by atoms with Gasteiger partial charge in [-0.1, -0.05) is 18.2 Å². The second kappa shape index (κ2) is 6.26. The van der Waals surface area contributed by atoms with Crippen molar-refractivity contribution in [1.82, 2.24) is 9.80 Å². The van der Waals surface area contributed by atoms with E-state index in [-0.39, 0.29) is 29.5 Å². The van der Waals surface area contributed by atoms with Crippen molar-refractivity contribution in [3.63, 3.8) is 0 Å². The number of rotatable bonds is 3. The Labute approximate surface area is 203 Å². The average molecular weight is 473 g/mol. The molecule has 1 spiro atoms. The number of benzene rings is 2. The Morgan fingerprint density at radius 1 is 1.06 bits per heavy atom. The molecule has 2 N–H and O–H groups in total. The van der Waals surface area contributed by atoms with Crippen LogP contribution >= 0.6 is 0 Å². The van der Waals surface area contributed by atoms with Crippen molar-refractivity contribution in [3.05, 3.63) is 58.7 Å². The molecular weight excluding hydrogens is 444 g/mol. The fourth-order valence-electron chi connectivity index (χ4n) is 8.45. The normalized spacial score (nSPS) is 38.5. The van der Waals surface area contributed by atoms with E-state index >= 15 is 0 Å². The number of aliphatic hydroxyl groups is 1. The predicted molar refractivity (Wildman–Crippen MR) is 125 cm³/mol. The second-order valence-corrected chi connectivity index (χ2v) is 11.5. The molecule has 180 valence electrons. The summed E-state index contributed by atoms with van der Waals surface area (Å²) in [7, 11) is 0. The topological polar surface area (TPSA) is 90.3 Å². The van der Waals surface area contributed by atoms with Crippen molar-refractivity contribution < 1.29 is 24.5 Å². The monoisotopic (exact) mass is 472 g/mol. The lowest BCUT2D eigenvalue weighted by Gasteiger charge is -2.78. The van der Waals surface area contributed by atoms with Crippen molar-refractivity contribution >= 4 is 11.8 Å². The van der Waals surface area contributed by atoms with Gasteiger partial charge in [0.2, 0.25) is 0 Å². The minimum Gasteiger partial charge on any atom is -0.504 e. The number of piperidine rings is 1. The Kier molecular flexibility index (Phi) is 3.63. The van der Waals surface area contributed by atoms with Crippen LogP contribution < -0.4 is 4.74 Å². The number of aromatic hydroxyl groups is 1. The van der Waals surface area contributed by atoms with E-state index < -0.39 is 23.2 Å². The molecule has 6 atom stereocenters. The van der Waals surface area contributed by atoms with Gasteiger partial charge in [-0.2, -0.15) is 0 Å². The molecule has 7 nitrogen and oxygen atoms in total. The zero-order valence-corrected chi connectivity index (χ0v) is 19.6. The highest BCUT2D eigenvalue weighted by molar-refractivity contribution is 6.21. The first-order valence-corrected chi connectivity index (χ1v) is 12.8. The van der Waals surface area contributed by atoms with Gasteiger partial charge in [-0.3, -0.25) is 19.4 Å².